The third kappa shape index (κ3) is 2.30. The second-order valence-electron chi connectivity index (χ2n) is 3.23. The van der Waals surface area contributed by atoms with E-state index in [0.29, 0.717) is 11.6 Å². The van der Waals surface area contributed by atoms with Gasteiger partial charge in [-0.3, -0.25) is 5.41 Å². The number of aryl methyl sites for hydroxylation is 1. The van der Waals surface area contributed by atoms with Gasteiger partial charge in [0.15, 0.2) is 10.8 Å². The van der Waals surface area contributed by atoms with Crippen LogP contribution in [0.2, 0.25) is 0 Å². The van der Waals surface area contributed by atoms with E-state index in [4.69, 9.17) is 15.6 Å². The van der Waals surface area contributed by atoms with Gasteiger partial charge in [0, 0.05) is 0 Å². The van der Waals surface area contributed by atoms with Gasteiger partial charge in [0.1, 0.15) is 5.52 Å². The number of hydrogen-bond donors (Lipinski definition) is 2. The highest BCUT2D eigenvalue weighted by atomic mass is 32.2. The lowest BCUT2D eigenvalue weighted by Gasteiger charge is -1.91. The van der Waals surface area contributed by atoms with E-state index in [1.165, 1.54) is 11.8 Å². The molecular formula is C10H11N3OS. The van der Waals surface area contributed by atoms with Crippen molar-refractivity contribution in [2.24, 2.45) is 5.73 Å². The summed E-state index contributed by atoms with van der Waals surface area (Å²) in [5, 5.41) is 7.16. The number of nitrogens with one attached hydrogen (secondary N) is 1. The summed E-state index contributed by atoms with van der Waals surface area (Å²) in [5.41, 5.74) is 8.02. The van der Waals surface area contributed by atoms with Gasteiger partial charge in [-0.15, -0.1) is 0 Å². The highest BCUT2D eigenvalue weighted by molar-refractivity contribution is 8.12. The molecule has 0 saturated carbocycles. The molecule has 1 heterocycles. The summed E-state index contributed by atoms with van der Waals surface area (Å²) in [4.78, 5) is 4.31. The fraction of sp³-hybridized carbons (Fsp3) is 0.200. The fourth-order valence-electron chi connectivity index (χ4n) is 1.29. The zero-order valence-corrected chi connectivity index (χ0v) is 9.10. The Balaban J connectivity index is 2.27. The van der Waals surface area contributed by atoms with E-state index in [1.54, 1.807) is 0 Å². The number of nitrogens with two attached hydrogens (primary N) is 1. The van der Waals surface area contributed by atoms with Gasteiger partial charge in [-0.1, -0.05) is 17.8 Å². The first-order valence-electron chi connectivity index (χ1n) is 4.48. The monoisotopic (exact) mass is 221 g/mol. The molecule has 0 saturated heterocycles. The van der Waals surface area contributed by atoms with E-state index in [9.17, 15) is 0 Å². The Hall–Kier alpha value is -1.49. The number of benzene rings is 1. The molecule has 4 nitrogen and oxygen atoms in total. The Morgan fingerprint density at radius 3 is 3.13 bits per heavy atom. The molecule has 0 fully saturated rings. The molecule has 5 heteroatoms. The van der Waals surface area contributed by atoms with Crippen LogP contribution >= 0.6 is 11.8 Å². The lowest BCUT2D eigenvalue weighted by Crippen LogP contribution is -2.03. The Morgan fingerprint density at radius 2 is 2.40 bits per heavy atom. The van der Waals surface area contributed by atoms with Crippen molar-refractivity contribution in [3.8, 4) is 0 Å². The van der Waals surface area contributed by atoms with Gasteiger partial charge in [0.25, 0.3) is 0 Å². The SMILES string of the molecule is Cc1ccc2oc(CSC(=N)N)nc2c1. The Bertz CT molecular complexity index is 506. The van der Waals surface area contributed by atoms with Crippen LogP contribution in [-0.4, -0.2) is 10.2 Å². The maximum absolute atomic E-state index is 7.08. The van der Waals surface area contributed by atoms with Gasteiger partial charge in [0.05, 0.1) is 5.75 Å². The molecule has 0 bridgehead atoms. The maximum atomic E-state index is 7.08. The molecule has 78 valence electrons. The number of hydrogen-bond acceptors (Lipinski definition) is 4. The quantitative estimate of drug-likeness (QED) is 0.602. The molecule has 1 aromatic carbocycles. The number of thioether (sulfide) groups is 1. The lowest BCUT2D eigenvalue weighted by molar-refractivity contribution is 0.556. The summed E-state index contributed by atoms with van der Waals surface area (Å²) in [5.74, 6) is 1.11. The summed E-state index contributed by atoms with van der Waals surface area (Å²) in [7, 11) is 0. The molecule has 3 N–H and O–H groups in total. The normalized spacial score (nSPS) is 10.7. The van der Waals surface area contributed by atoms with Crippen LogP contribution in [-0.2, 0) is 5.75 Å². The van der Waals surface area contributed by atoms with E-state index in [0.717, 1.165) is 16.7 Å². The molecule has 0 aliphatic carbocycles. The van der Waals surface area contributed by atoms with E-state index in [2.05, 4.69) is 4.98 Å². The molecule has 0 radical (unpaired) electrons. The number of aromatic nitrogens is 1. The van der Waals surface area contributed by atoms with Crippen LogP contribution in [0.25, 0.3) is 11.1 Å². The smallest absolute Gasteiger partial charge is 0.205 e. The Kier molecular flexibility index (Phi) is 2.64. The molecule has 0 amide bonds. The fourth-order valence-corrected chi connectivity index (χ4v) is 1.69. The van der Waals surface area contributed by atoms with E-state index in [-0.39, 0.29) is 5.17 Å². The summed E-state index contributed by atoms with van der Waals surface area (Å²) in [6.07, 6.45) is 0. The molecule has 0 aliphatic rings. The van der Waals surface area contributed by atoms with Gasteiger partial charge in [-0.2, -0.15) is 0 Å². The second kappa shape index (κ2) is 3.94. The first-order valence-corrected chi connectivity index (χ1v) is 5.46. The molecule has 15 heavy (non-hydrogen) atoms. The van der Waals surface area contributed by atoms with Crippen molar-refractivity contribution >= 4 is 28.0 Å². The number of oxazole rings is 1. The van der Waals surface area contributed by atoms with Crippen LogP contribution in [0.5, 0.6) is 0 Å². The van der Waals surface area contributed by atoms with Crippen molar-refractivity contribution in [3.05, 3.63) is 29.7 Å². The van der Waals surface area contributed by atoms with Crippen LogP contribution in [0.4, 0.5) is 0 Å². The highest BCUT2D eigenvalue weighted by Gasteiger charge is 2.06. The summed E-state index contributed by atoms with van der Waals surface area (Å²) in [6, 6.07) is 5.86. The van der Waals surface area contributed by atoms with Crippen LogP contribution in [0.1, 0.15) is 11.5 Å². The number of fused-ring (bicyclic) bond motifs is 1. The van der Waals surface area contributed by atoms with Gasteiger partial charge in [-0.25, -0.2) is 4.98 Å². The minimum absolute atomic E-state index is 0.0773. The molecule has 1 aromatic heterocycles. The lowest BCUT2D eigenvalue weighted by atomic mass is 10.2. The van der Waals surface area contributed by atoms with Crippen LogP contribution < -0.4 is 5.73 Å². The van der Waals surface area contributed by atoms with Crippen LogP contribution in [0.3, 0.4) is 0 Å². The predicted octanol–water partition coefficient (Wildman–Crippen LogP) is 2.26. The molecule has 0 unspecified atom stereocenters. The number of rotatable bonds is 2. The van der Waals surface area contributed by atoms with E-state index >= 15 is 0 Å². The van der Waals surface area contributed by atoms with Crippen molar-refractivity contribution in [2.45, 2.75) is 12.7 Å². The first kappa shape index (κ1) is 10.0. The van der Waals surface area contributed by atoms with Crippen molar-refractivity contribution in [2.75, 3.05) is 0 Å². The zero-order chi connectivity index (χ0) is 10.8. The Morgan fingerprint density at radius 1 is 1.60 bits per heavy atom. The molecule has 0 spiro atoms. The molecule has 0 atom stereocenters. The average Bonchev–Trinajstić information content (AvgIpc) is 2.56. The van der Waals surface area contributed by atoms with Gasteiger partial charge >= 0.3 is 0 Å². The standard InChI is InChI=1S/C10H11N3OS/c1-6-2-3-8-7(4-6)13-9(14-8)5-15-10(11)12/h2-4H,5H2,1H3,(H3,11,12). The maximum Gasteiger partial charge on any atom is 0.205 e. The molecule has 2 aromatic rings. The summed E-state index contributed by atoms with van der Waals surface area (Å²) in [6.45, 7) is 2.01. The molecular weight excluding hydrogens is 210 g/mol. The van der Waals surface area contributed by atoms with Crippen LogP contribution in [0.15, 0.2) is 22.6 Å². The third-order valence-corrected chi connectivity index (χ3v) is 2.64. The highest BCUT2D eigenvalue weighted by Crippen LogP contribution is 2.19. The predicted molar refractivity (Wildman–Crippen MR) is 62.0 cm³/mol. The summed E-state index contributed by atoms with van der Waals surface area (Å²) >= 11 is 1.21. The topological polar surface area (TPSA) is 75.9 Å². The largest absolute Gasteiger partial charge is 0.440 e. The van der Waals surface area contributed by atoms with Crippen LogP contribution in [0, 0.1) is 12.3 Å². The first-order chi connectivity index (χ1) is 7.15. The number of nitrogens with zero attached hydrogens (tertiary/aromatic N) is 1. The van der Waals surface area contributed by atoms with Crippen molar-refractivity contribution in [3.63, 3.8) is 0 Å². The van der Waals surface area contributed by atoms with E-state index in [1.807, 2.05) is 25.1 Å². The van der Waals surface area contributed by atoms with E-state index < -0.39 is 0 Å². The average molecular weight is 221 g/mol. The van der Waals surface area contributed by atoms with Crippen molar-refractivity contribution in [1.82, 2.24) is 4.98 Å². The van der Waals surface area contributed by atoms with Crippen molar-refractivity contribution < 1.29 is 4.42 Å². The third-order valence-electron chi connectivity index (χ3n) is 1.94. The van der Waals surface area contributed by atoms with Gasteiger partial charge in [-0.05, 0) is 24.6 Å². The molecule has 2 rings (SSSR count). The zero-order valence-electron chi connectivity index (χ0n) is 8.28. The van der Waals surface area contributed by atoms with Gasteiger partial charge in [0.2, 0.25) is 5.89 Å². The number of amidine groups is 1. The van der Waals surface area contributed by atoms with Crippen molar-refractivity contribution in [1.29, 1.82) is 5.41 Å². The molecule has 0 aliphatic heterocycles. The Labute approximate surface area is 91.4 Å². The second-order valence-corrected chi connectivity index (χ2v) is 4.25. The summed E-state index contributed by atoms with van der Waals surface area (Å²) < 4.78 is 5.49. The minimum Gasteiger partial charge on any atom is -0.440 e. The minimum atomic E-state index is 0.0773. The van der Waals surface area contributed by atoms with Gasteiger partial charge < -0.3 is 10.2 Å².